The summed E-state index contributed by atoms with van der Waals surface area (Å²) < 4.78 is 13.6. The molecule has 1 fully saturated rings. The van der Waals surface area contributed by atoms with E-state index in [4.69, 9.17) is 0 Å². The average Bonchev–Trinajstić information content (AvgIpc) is 2.56. The summed E-state index contributed by atoms with van der Waals surface area (Å²) in [6, 6.07) is 4.87. The van der Waals surface area contributed by atoms with Crippen LogP contribution in [0.4, 0.5) is 10.1 Å². The summed E-state index contributed by atoms with van der Waals surface area (Å²) in [6.07, 6.45) is 2.48. The van der Waals surface area contributed by atoms with Crippen LogP contribution in [-0.2, 0) is 0 Å². The van der Waals surface area contributed by atoms with E-state index in [9.17, 15) is 4.39 Å². The van der Waals surface area contributed by atoms with Crippen molar-refractivity contribution in [3.63, 3.8) is 0 Å². The van der Waals surface area contributed by atoms with Crippen molar-refractivity contribution in [1.29, 1.82) is 0 Å². The zero-order chi connectivity index (χ0) is 9.26. The Morgan fingerprint density at radius 1 is 1.23 bits per heavy atom. The number of nitrogens with zero attached hydrogens (tertiary/aromatic N) is 1. The summed E-state index contributed by atoms with van der Waals surface area (Å²) in [6.45, 7) is 2.18. The predicted molar refractivity (Wildman–Crippen MR) is 55.5 cm³/mol. The number of halogens is 2. The van der Waals surface area contributed by atoms with E-state index in [-0.39, 0.29) is 5.82 Å². The van der Waals surface area contributed by atoms with E-state index in [1.807, 2.05) is 6.07 Å². The molecule has 1 saturated heterocycles. The van der Waals surface area contributed by atoms with Gasteiger partial charge in [-0.1, -0.05) is 0 Å². The average molecular weight is 244 g/mol. The summed E-state index contributed by atoms with van der Waals surface area (Å²) in [7, 11) is 0. The van der Waals surface area contributed by atoms with Crippen LogP contribution in [0.15, 0.2) is 22.7 Å². The molecule has 1 aliphatic rings. The molecule has 0 N–H and O–H groups in total. The fraction of sp³-hybridized carbons (Fsp3) is 0.400. The van der Waals surface area contributed by atoms with E-state index in [2.05, 4.69) is 20.8 Å². The third kappa shape index (κ3) is 1.85. The van der Waals surface area contributed by atoms with Crippen LogP contribution >= 0.6 is 15.9 Å². The Balaban J connectivity index is 2.29. The zero-order valence-corrected chi connectivity index (χ0v) is 8.85. The van der Waals surface area contributed by atoms with Crippen LogP contribution in [0.2, 0.25) is 0 Å². The minimum atomic E-state index is -0.185. The van der Waals surface area contributed by atoms with Crippen molar-refractivity contribution in [2.45, 2.75) is 12.8 Å². The van der Waals surface area contributed by atoms with Crippen molar-refractivity contribution in [2.75, 3.05) is 18.0 Å². The fourth-order valence-electron chi connectivity index (χ4n) is 1.70. The zero-order valence-electron chi connectivity index (χ0n) is 7.26. The van der Waals surface area contributed by atoms with Crippen molar-refractivity contribution in [1.82, 2.24) is 0 Å². The Morgan fingerprint density at radius 2 is 1.92 bits per heavy atom. The lowest BCUT2D eigenvalue weighted by atomic mass is 10.3. The van der Waals surface area contributed by atoms with Gasteiger partial charge in [0, 0.05) is 17.6 Å². The molecule has 0 spiro atoms. The van der Waals surface area contributed by atoms with Gasteiger partial charge in [-0.3, -0.25) is 0 Å². The monoisotopic (exact) mass is 243 g/mol. The van der Waals surface area contributed by atoms with E-state index < -0.39 is 0 Å². The highest BCUT2D eigenvalue weighted by Crippen LogP contribution is 2.29. The molecule has 0 bridgehead atoms. The standard InChI is InChI=1S/C10H11BrFN/c11-9-7-8(12)3-4-10(9)13-5-1-2-6-13/h3-4,7H,1-2,5-6H2. The van der Waals surface area contributed by atoms with Gasteiger partial charge in [0.05, 0.1) is 5.69 Å². The van der Waals surface area contributed by atoms with Gasteiger partial charge in [-0.05, 0) is 47.0 Å². The van der Waals surface area contributed by atoms with Crippen LogP contribution in [0, 0.1) is 5.82 Å². The van der Waals surface area contributed by atoms with Gasteiger partial charge in [0.2, 0.25) is 0 Å². The molecule has 70 valence electrons. The molecule has 0 aliphatic carbocycles. The Labute approximate surface area is 85.7 Å². The maximum atomic E-state index is 12.8. The molecule has 1 aromatic rings. The van der Waals surface area contributed by atoms with Gasteiger partial charge in [-0.15, -0.1) is 0 Å². The van der Waals surface area contributed by atoms with E-state index in [1.54, 1.807) is 0 Å². The molecule has 1 aliphatic heterocycles. The van der Waals surface area contributed by atoms with Gasteiger partial charge in [0.15, 0.2) is 0 Å². The van der Waals surface area contributed by atoms with E-state index in [0.29, 0.717) is 0 Å². The van der Waals surface area contributed by atoms with Crippen molar-refractivity contribution < 1.29 is 4.39 Å². The first-order chi connectivity index (χ1) is 6.27. The second-order valence-electron chi connectivity index (χ2n) is 3.29. The molecule has 1 aromatic carbocycles. The molecule has 2 rings (SSSR count). The van der Waals surface area contributed by atoms with Crippen molar-refractivity contribution in [3.05, 3.63) is 28.5 Å². The smallest absolute Gasteiger partial charge is 0.124 e. The second-order valence-corrected chi connectivity index (χ2v) is 4.14. The van der Waals surface area contributed by atoms with Crippen LogP contribution in [0.3, 0.4) is 0 Å². The molecule has 0 atom stereocenters. The lowest BCUT2D eigenvalue weighted by Gasteiger charge is -2.18. The topological polar surface area (TPSA) is 3.24 Å². The van der Waals surface area contributed by atoms with Gasteiger partial charge < -0.3 is 4.90 Å². The quantitative estimate of drug-likeness (QED) is 0.733. The van der Waals surface area contributed by atoms with Crippen LogP contribution in [-0.4, -0.2) is 13.1 Å². The summed E-state index contributed by atoms with van der Waals surface area (Å²) in [5, 5.41) is 0. The highest BCUT2D eigenvalue weighted by atomic mass is 79.9. The molecular formula is C10H11BrFN. The Kier molecular flexibility index (Phi) is 2.54. The Hall–Kier alpha value is -0.570. The summed E-state index contributed by atoms with van der Waals surface area (Å²) >= 11 is 3.38. The van der Waals surface area contributed by atoms with Crippen LogP contribution in [0.25, 0.3) is 0 Å². The summed E-state index contributed by atoms with van der Waals surface area (Å²) in [5.74, 6) is -0.185. The SMILES string of the molecule is Fc1ccc(N2CCCC2)c(Br)c1. The molecule has 1 heterocycles. The van der Waals surface area contributed by atoms with Crippen LogP contribution < -0.4 is 4.90 Å². The normalized spacial score (nSPS) is 16.6. The Bertz CT molecular complexity index is 308. The Morgan fingerprint density at radius 3 is 2.54 bits per heavy atom. The molecular weight excluding hydrogens is 233 g/mol. The van der Waals surface area contributed by atoms with Crippen molar-refractivity contribution in [3.8, 4) is 0 Å². The molecule has 1 nitrogen and oxygen atoms in total. The molecule has 13 heavy (non-hydrogen) atoms. The minimum Gasteiger partial charge on any atom is -0.371 e. The van der Waals surface area contributed by atoms with Crippen LogP contribution in [0.1, 0.15) is 12.8 Å². The van der Waals surface area contributed by atoms with Crippen molar-refractivity contribution in [2.24, 2.45) is 0 Å². The number of benzene rings is 1. The number of rotatable bonds is 1. The molecule has 0 amide bonds. The second kappa shape index (κ2) is 3.66. The lowest BCUT2D eigenvalue weighted by molar-refractivity contribution is 0.626. The van der Waals surface area contributed by atoms with Gasteiger partial charge in [0.25, 0.3) is 0 Å². The van der Waals surface area contributed by atoms with E-state index in [1.165, 1.54) is 25.0 Å². The molecule has 0 aromatic heterocycles. The lowest BCUT2D eigenvalue weighted by Crippen LogP contribution is -2.17. The molecule has 0 unspecified atom stereocenters. The van der Waals surface area contributed by atoms with Crippen LogP contribution in [0.5, 0.6) is 0 Å². The van der Waals surface area contributed by atoms with E-state index in [0.717, 1.165) is 23.2 Å². The number of anilines is 1. The van der Waals surface area contributed by atoms with Gasteiger partial charge >= 0.3 is 0 Å². The maximum absolute atomic E-state index is 12.8. The third-order valence-corrected chi connectivity index (χ3v) is 2.99. The first kappa shape index (κ1) is 9.00. The highest BCUT2D eigenvalue weighted by molar-refractivity contribution is 9.10. The summed E-state index contributed by atoms with van der Waals surface area (Å²) in [4.78, 5) is 2.28. The first-order valence-electron chi connectivity index (χ1n) is 4.47. The third-order valence-electron chi connectivity index (χ3n) is 2.36. The maximum Gasteiger partial charge on any atom is 0.124 e. The van der Waals surface area contributed by atoms with Gasteiger partial charge in [-0.25, -0.2) is 4.39 Å². The van der Waals surface area contributed by atoms with E-state index >= 15 is 0 Å². The molecule has 3 heteroatoms. The minimum absolute atomic E-state index is 0.185. The van der Waals surface area contributed by atoms with Crippen molar-refractivity contribution >= 4 is 21.6 Å². The fourth-order valence-corrected chi connectivity index (χ4v) is 2.30. The van der Waals surface area contributed by atoms with Gasteiger partial charge in [-0.2, -0.15) is 0 Å². The predicted octanol–water partition coefficient (Wildman–Crippen LogP) is 3.19. The molecule has 0 radical (unpaired) electrons. The molecule has 0 saturated carbocycles. The highest BCUT2D eigenvalue weighted by Gasteiger charge is 2.14. The largest absolute Gasteiger partial charge is 0.371 e. The first-order valence-corrected chi connectivity index (χ1v) is 5.27. The van der Waals surface area contributed by atoms with Gasteiger partial charge in [0.1, 0.15) is 5.82 Å². The number of hydrogen-bond acceptors (Lipinski definition) is 1. The summed E-state index contributed by atoms with van der Waals surface area (Å²) in [5.41, 5.74) is 1.11. The number of hydrogen-bond donors (Lipinski definition) is 0.